The fourth-order valence-corrected chi connectivity index (χ4v) is 1.49. The number of nitrogens with one attached hydrogen (secondary N) is 1. The third-order valence-corrected chi connectivity index (χ3v) is 2.26. The molecule has 0 saturated carbocycles. The summed E-state index contributed by atoms with van der Waals surface area (Å²) in [6.45, 7) is 2.80. The Kier molecular flexibility index (Phi) is 2.67. The molecule has 0 fully saturated rings. The van der Waals surface area contributed by atoms with Crippen molar-refractivity contribution < 1.29 is 0 Å². The predicted octanol–water partition coefficient (Wildman–Crippen LogP) is 1.74. The van der Waals surface area contributed by atoms with Crippen molar-refractivity contribution in [3.8, 4) is 0 Å². The van der Waals surface area contributed by atoms with E-state index in [1.807, 2.05) is 43.2 Å². The van der Waals surface area contributed by atoms with Crippen LogP contribution in [-0.2, 0) is 13.6 Å². The van der Waals surface area contributed by atoms with Crippen LogP contribution in [0.5, 0.6) is 0 Å². The Morgan fingerprint density at radius 3 is 2.93 bits per heavy atom. The molecule has 15 heavy (non-hydrogen) atoms. The number of anilines is 1. The molecule has 0 aliphatic carbocycles. The van der Waals surface area contributed by atoms with Crippen molar-refractivity contribution in [2.24, 2.45) is 7.05 Å². The summed E-state index contributed by atoms with van der Waals surface area (Å²) in [4.78, 5) is 4.04. The molecule has 2 heterocycles. The maximum absolute atomic E-state index is 4.28. The van der Waals surface area contributed by atoms with Crippen molar-refractivity contribution in [3.05, 3.63) is 42.0 Å². The van der Waals surface area contributed by atoms with Crippen molar-refractivity contribution in [2.45, 2.75) is 13.5 Å². The first kappa shape index (κ1) is 9.71. The van der Waals surface area contributed by atoms with Crippen LogP contribution >= 0.6 is 0 Å². The molecule has 0 amide bonds. The van der Waals surface area contributed by atoms with E-state index in [1.165, 1.54) is 5.56 Å². The zero-order valence-corrected chi connectivity index (χ0v) is 8.94. The smallest absolute Gasteiger partial charge is 0.0643 e. The fourth-order valence-electron chi connectivity index (χ4n) is 1.49. The van der Waals surface area contributed by atoms with E-state index in [2.05, 4.69) is 15.4 Å². The molecule has 2 aromatic rings. The van der Waals surface area contributed by atoms with E-state index in [0.717, 1.165) is 17.9 Å². The van der Waals surface area contributed by atoms with E-state index in [9.17, 15) is 0 Å². The number of hydrogen-bond acceptors (Lipinski definition) is 3. The molecule has 0 aliphatic heterocycles. The summed E-state index contributed by atoms with van der Waals surface area (Å²) in [5.74, 6) is 0. The second-order valence-corrected chi connectivity index (χ2v) is 3.51. The minimum Gasteiger partial charge on any atom is -0.380 e. The van der Waals surface area contributed by atoms with Crippen LogP contribution in [0.2, 0.25) is 0 Å². The number of nitrogens with zero attached hydrogens (tertiary/aromatic N) is 3. The van der Waals surface area contributed by atoms with Crippen LogP contribution in [0.1, 0.15) is 11.3 Å². The highest BCUT2D eigenvalue weighted by molar-refractivity contribution is 5.40. The molecule has 1 N–H and O–H groups in total. The fraction of sp³-hybridized carbons (Fsp3) is 0.273. The summed E-state index contributed by atoms with van der Waals surface area (Å²) in [5.41, 5.74) is 3.30. The molecular weight excluding hydrogens is 188 g/mol. The van der Waals surface area contributed by atoms with Gasteiger partial charge < -0.3 is 5.32 Å². The molecule has 2 aromatic heterocycles. The first-order valence-corrected chi connectivity index (χ1v) is 4.89. The van der Waals surface area contributed by atoms with E-state index < -0.39 is 0 Å². The van der Waals surface area contributed by atoms with E-state index in [0.29, 0.717) is 0 Å². The summed E-state index contributed by atoms with van der Waals surface area (Å²) in [5, 5.41) is 7.58. The second-order valence-electron chi connectivity index (χ2n) is 3.51. The van der Waals surface area contributed by atoms with Crippen molar-refractivity contribution in [1.29, 1.82) is 0 Å². The van der Waals surface area contributed by atoms with Gasteiger partial charge in [-0.15, -0.1) is 0 Å². The standard InChI is InChI=1S/C11H14N4/c1-9-10(8-15(2)14-9)6-13-11-4-3-5-12-7-11/h3-5,7-8,13H,6H2,1-2H3. The van der Waals surface area contributed by atoms with Crippen molar-refractivity contribution in [3.63, 3.8) is 0 Å². The van der Waals surface area contributed by atoms with Gasteiger partial charge in [0.1, 0.15) is 0 Å². The van der Waals surface area contributed by atoms with Gasteiger partial charge in [0.25, 0.3) is 0 Å². The molecule has 0 radical (unpaired) electrons. The van der Waals surface area contributed by atoms with Gasteiger partial charge >= 0.3 is 0 Å². The summed E-state index contributed by atoms with van der Waals surface area (Å²) in [6.07, 6.45) is 5.60. The Hall–Kier alpha value is -1.84. The van der Waals surface area contributed by atoms with Gasteiger partial charge in [-0.25, -0.2) is 0 Å². The lowest BCUT2D eigenvalue weighted by Gasteiger charge is -2.03. The highest BCUT2D eigenvalue weighted by Gasteiger charge is 2.01. The molecule has 4 nitrogen and oxygen atoms in total. The van der Waals surface area contributed by atoms with Gasteiger partial charge in [0, 0.05) is 37.7 Å². The average molecular weight is 202 g/mol. The molecule has 4 heteroatoms. The van der Waals surface area contributed by atoms with Crippen LogP contribution in [0.25, 0.3) is 0 Å². The lowest BCUT2D eigenvalue weighted by atomic mass is 10.2. The largest absolute Gasteiger partial charge is 0.380 e. The third-order valence-electron chi connectivity index (χ3n) is 2.26. The van der Waals surface area contributed by atoms with E-state index in [-0.39, 0.29) is 0 Å². The minimum absolute atomic E-state index is 0.783. The quantitative estimate of drug-likeness (QED) is 0.824. The number of aryl methyl sites for hydroxylation is 2. The second kappa shape index (κ2) is 4.13. The molecule has 0 saturated heterocycles. The lowest BCUT2D eigenvalue weighted by Crippen LogP contribution is -1.99. The lowest BCUT2D eigenvalue weighted by molar-refractivity contribution is 0.756. The predicted molar refractivity (Wildman–Crippen MR) is 59.5 cm³/mol. The van der Waals surface area contributed by atoms with Crippen LogP contribution in [0, 0.1) is 6.92 Å². The highest BCUT2D eigenvalue weighted by Crippen LogP contribution is 2.09. The van der Waals surface area contributed by atoms with E-state index in [1.54, 1.807) is 6.20 Å². The van der Waals surface area contributed by atoms with Crippen LogP contribution in [0.15, 0.2) is 30.7 Å². The highest BCUT2D eigenvalue weighted by atomic mass is 15.2. The molecule has 0 bridgehead atoms. The molecule has 2 rings (SSSR count). The SMILES string of the molecule is Cc1nn(C)cc1CNc1cccnc1. The third kappa shape index (κ3) is 2.34. The Labute approximate surface area is 89.0 Å². The summed E-state index contributed by atoms with van der Waals surface area (Å²) >= 11 is 0. The minimum atomic E-state index is 0.783. The van der Waals surface area contributed by atoms with Crippen molar-refractivity contribution >= 4 is 5.69 Å². The van der Waals surface area contributed by atoms with E-state index in [4.69, 9.17) is 0 Å². The monoisotopic (exact) mass is 202 g/mol. The van der Waals surface area contributed by atoms with Crippen LogP contribution < -0.4 is 5.32 Å². The number of rotatable bonds is 3. The van der Waals surface area contributed by atoms with Gasteiger partial charge in [-0.1, -0.05) is 0 Å². The van der Waals surface area contributed by atoms with Gasteiger partial charge in [-0.3, -0.25) is 9.67 Å². The van der Waals surface area contributed by atoms with E-state index >= 15 is 0 Å². The number of hydrogen-bond donors (Lipinski definition) is 1. The van der Waals surface area contributed by atoms with Crippen LogP contribution in [-0.4, -0.2) is 14.8 Å². The molecule has 0 unspecified atom stereocenters. The summed E-state index contributed by atoms with van der Waals surface area (Å²) in [6, 6.07) is 3.91. The molecule has 0 aliphatic rings. The molecule has 0 aromatic carbocycles. The zero-order chi connectivity index (χ0) is 10.7. The average Bonchev–Trinajstić information content (AvgIpc) is 2.56. The first-order chi connectivity index (χ1) is 7.25. The molecule has 78 valence electrons. The normalized spacial score (nSPS) is 10.3. The maximum atomic E-state index is 4.28. The summed E-state index contributed by atoms with van der Waals surface area (Å²) in [7, 11) is 1.93. The van der Waals surface area contributed by atoms with Gasteiger partial charge in [-0.2, -0.15) is 5.10 Å². The first-order valence-electron chi connectivity index (χ1n) is 4.89. The van der Waals surface area contributed by atoms with Crippen molar-refractivity contribution in [2.75, 3.05) is 5.32 Å². The number of aromatic nitrogens is 3. The molecule has 0 atom stereocenters. The Balaban J connectivity index is 2.02. The zero-order valence-electron chi connectivity index (χ0n) is 8.94. The van der Waals surface area contributed by atoms with Gasteiger partial charge in [0.15, 0.2) is 0 Å². The van der Waals surface area contributed by atoms with Gasteiger partial charge in [0.05, 0.1) is 11.4 Å². The Bertz CT molecular complexity index is 433. The van der Waals surface area contributed by atoms with Crippen molar-refractivity contribution in [1.82, 2.24) is 14.8 Å². The summed E-state index contributed by atoms with van der Waals surface area (Å²) < 4.78 is 1.83. The Morgan fingerprint density at radius 1 is 1.47 bits per heavy atom. The molecular formula is C11H14N4. The Morgan fingerprint density at radius 2 is 2.33 bits per heavy atom. The van der Waals surface area contributed by atoms with Gasteiger partial charge in [-0.05, 0) is 19.1 Å². The molecule has 0 spiro atoms. The number of pyridine rings is 1. The van der Waals surface area contributed by atoms with Crippen LogP contribution in [0.4, 0.5) is 5.69 Å². The van der Waals surface area contributed by atoms with Crippen LogP contribution in [0.3, 0.4) is 0 Å². The maximum Gasteiger partial charge on any atom is 0.0643 e. The topological polar surface area (TPSA) is 42.7 Å². The van der Waals surface area contributed by atoms with Gasteiger partial charge in [0.2, 0.25) is 0 Å².